The number of aliphatic hydroxyl groups excluding tert-OH is 1. The van der Waals surface area contributed by atoms with E-state index in [1.807, 2.05) is 60.7 Å². The molecule has 1 fully saturated rings. The monoisotopic (exact) mass is 390 g/mol. The van der Waals surface area contributed by atoms with Crippen molar-refractivity contribution in [1.29, 1.82) is 0 Å². The molecule has 0 bridgehead atoms. The molecular weight excluding hydrogens is 368 g/mol. The summed E-state index contributed by atoms with van der Waals surface area (Å²) in [5.41, 5.74) is 2.01. The standard InChI is InChI=1S/C22H22N4O3/c27-14-18(23-21(29)22(11-12-22)16-9-5-2-6-10-16)20(28)24-19-13-17(25-26-19)15-7-3-1-4-8-15/h1-10,13,18,27H,11-12,14H2,(H,23,29)(H2,24,25,26,28). The van der Waals surface area contributed by atoms with Crippen molar-refractivity contribution in [2.45, 2.75) is 24.3 Å². The van der Waals surface area contributed by atoms with Crippen LogP contribution in [0.25, 0.3) is 11.3 Å². The Hall–Kier alpha value is -3.45. The Kier molecular flexibility index (Phi) is 5.14. The first kappa shape index (κ1) is 18.9. The predicted molar refractivity (Wildman–Crippen MR) is 109 cm³/mol. The van der Waals surface area contributed by atoms with E-state index >= 15 is 0 Å². The van der Waals surface area contributed by atoms with Crippen LogP contribution in [0.5, 0.6) is 0 Å². The molecule has 3 aromatic rings. The third kappa shape index (κ3) is 3.90. The fourth-order valence-corrected chi connectivity index (χ4v) is 3.38. The number of amides is 2. The summed E-state index contributed by atoms with van der Waals surface area (Å²) in [5.74, 6) is -0.438. The van der Waals surface area contributed by atoms with Gasteiger partial charge in [-0.15, -0.1) is 0 Å². The average molecular weight is 390 g/mol. The van der Waals surface area contributed by atoms with E-state index in [0.29, 0.717) is 5.82 Å². The Bertz CT molecular complexity index is 997. The van der Waals surface area contributed by atoms with Gasteiger partial charge >= 0.3 is 0 Å². The molecule has 1 aromatic heterocycles. The Morgan fingerprint density at radius 3 is 2.34 bits per heavy atom. The number of aromatic nitrogens is 2. The van der Waals surface area contributed by atoms with Gasteiger partial charge < -0.3 is 15.7 Å². The number of rotatable bonds is 7. The Balaban J connectivity index is 1.41. The molecule has 0 aliphatic heterocycles. The van der Waals surface area contributed by atoms with Crippen molar-refractivity contribution in [2.75, 3.05) is 11.9 Å². The molecule has 0 saturated heterocycles. The molecule has 1 atom stereocenters. The highest BCUT2D eigenvalue weighted by Crippen LogP contribution is 2.48. The fraction of sp³-hybridized carbons (Fsp3) is 0.227. The first-order chi connectivity index (χ1) is 14.1. The molecule has 1 aliphatic rings. The largest absolute Gasteiger partial charge is 0.394 e. The third-order valence-corrected chi connectivity index (χ3v) is 5.23. The quantitative estimate of drug-likeness (QED) is 0.496. The number of hydrogen-bond donors (Lipinski definition) is 4. The zero-order chi connectivity index (χ0) is 20.3. The number of aliphatic hydroxyl groups is 1. The van der Waals surface area contributed by atoms with E-state index in [1.165, 1.54) is 0 Å². The SMILES string of the molecule is O=C(Nc1cc(-c2ccccc2)[nH]n1)C(CO)NC(=O)C1(c2ccccc2)CC1. The molecule has 4 N–H and O–H groups in total. The van der Waals surface area contributed by atoms with Gasteiger partial charge in [0.05, 0.1) is 17.7 Å². The van der Waals surface area contributed by atoms with E-state index < -0.39 is 24.0 Å². The second-order valence-electron chi connectivity index (χ2n) is 7.18. The molecule has 1 aliphatic carbocycles. The smallest absolute Gasteiger partial charge is 0.250 e. The number of H-pyrrole nitrogens is 1. The summed E-state index contributed by atoms with van der Waals surface area (Å²) in [7, 11) is 0. The van der Waals surface area contributed by atoms with Gasteiger partial charge in [-0.3, -0.25) is 14.7 Å². The van der Waals surface area contributed by atoms with Crippen molar-refractivity contribution in [1.82, 2.24) is 15.5 Å². The van der Waals surface area contributed by atoms with Crippen LogP contribution in [0.1, 0.15) is 18.4 Å². The number of nitrogens with zero attached hydrogens (tertiary/aromatic N) is 1. The highest BCUT2D eigenvalue weighted by molar-refractivity contribution is 5.99. The second kappa shape index (κ2) is 7.89. The Morgan fingerprint density at radius 2 is 1.72 bits per heavy atom. The fourth-order valence-electron chi connectivity index (χ4n) is 3.38. The number of nitrogens with one attached hydrogen (secondary N) is 3. The summed E-state index contributed by atoms with van der Waals surface area (Å²) < 4.78 is 0. The van der Waals surface area contributed by atoms with Crippen LogP contribution in [0.3, 0.4) is 0 Å². The van der Waals surface area contributed by atoms with Crippen LogP contribution in [-0.2, 0) is 15.0 Å². The first-order valence-corrected chi connectivity index (χ1v) is 9.51. The van der Waals surface area contributed by atoms with Crippen LogP contribution in [0.4, 0.5) is 5.82 Å². The van der Waals surface area contributed by atoms with E-state index in [9.17, 15) is 14.7 Å². The molecular formula is C22H22N4O3. The van der Waals surface area contributed by atoms with Gasteiger partial charge in [0.25, 0.3) is 5.91 Å². The maximum atomic E-state index is 12.8. The van der Waals surface area contributed by atoms with Crippen LogP contribution in [-0.4, -0.2) is 39.8 Å². The zero-order valence-corrected chi connectivity index (χ0v) is 15.8. The number of carbonyl (C=O) groups is 2. The maximum Gasteiger partial charge on any atom is 0.250 e. The van der Waals surface area contributed by atoms with E-state index in [2.05, 4.69) is 20.8 Å². The van der Waals surface area contributed by atoms with Crippen molar-refractivity contribution in [2.24, 2.45) is 0 Å². The Labute approximate surface area is 168 Å². The summed E-state index contributed by atoms with van der Waals surface area (Å²) in [6, 6.07) is 19.7. The van der Waals surface area contributed by atoms with Crippen molar-refractivity contribution in [3.05, 3.63) is 72.3 Å². The molecule has 4 rings (SSSR count). The molecule has 1 saturated carbocycles. The van der Waals surface area contributed by atoms with Gasteiger partial charge in [-0.25, -0.2) is 0 Å². The van der Waals surface area contributed by atoms with Gasteiger partial charge in [-0.05, 0) is 24.0 Å². The van der Waals surface area contributed by atoms with Gasteiger partial charge in [0.15, 0.2) is 5.82 Å². The molecule has 7 nitrogen and oxygen atoms in total. The van der Waals surface area contributed by atoms with Crippen LogP contribution in [0, 0.1) is 0 Å². The highest BCUT2D eigenvalue weighted by Gasteiger charge is 2.51. The number of anilines is 1. The minimum atomic E-state index is -1.06. The van der Waals surface area contributed by atoms with Gasteiger partial charge in [0, 0.05) is 6.07 Å². The summed E-state index contributed by atoms with van der Waals surface area (Å²) in [5, 5.41) is 21.9. The lowest BCUT2D eigenvalue weighted by Gasteiger charge is -2.20. The second-order valence-corrected chi connectivity index (χ2v) is 7.18. The van der Waals surface area contributed by atoms with Crippen LogP contribution >= 0.6 is 0 Å². The minimum absolute atomic E-state index is 0.245. The molecule has 0 radical (unpaired) electrons. The summed E-state index contributed by atoms with van der Waals surface area (Å²) in [6.45, 7) is -0.502. The molecule has 2 amide bonds. The number of hydrogen-bond acceptors (Lipinski definition) is 4. The molecule has 1 unspecified atom stereocenters. The van der Waals surface area contributed by atoms with E-state index in [1.54, 1.807) is 6.07 Å². The van der Waals surface area contributed by atoms with Crippen molar-refractivity contribution in [3.63, 3.8) is 0 Å². The third-order valence-electron chi connectivity index (χ3n) is 5.23. The molecule has 148 valence electrons. The van der Waals surface area contributed by atoms with Gasteiger partial charge in [-0.2, -0.15) is 5.10 Å². The topological polar surface area (TPSA) is 107 Å². The van der Waals surface area contributed by atoms with E-state index in [-0.39, 0.29) is 5.91 Å². The van der Waals surface area contributed by atoms with Crippen molar-refractivity contribution < 1.29 is 14.7 Å². The average Bonchev–Trinajstić information content (AvgIpc) is 3.46. The van der Waals surface area contributed by atoms with E-state index in [0.717, 1.165) is 29.7 Å². The highest BCUT2D eigenvalue weighted by atomic mass is 16.3. The van der Waals surface area contributed by atoms with Gasteiger partial charge in [0.1, 0.15) is 6.04 Å². The number of aromatic amines is 1. The van der Waals surface area contributed by atoms with Crippen LogP contribution in [0.2, 0.25) is 0 Å². The van der Waals surface area contributed by atoms with Crippen LogP contribution in [0.15, 0.2) is 66.7 Å². The zero-order valence-electron chi connectivity index (χ0n) is 15.8. The van der Waals surface area contributed by atoms with Gasteiger partial charge in [0.2, 0.25) is 5.91 Å². The summed E-state index contributed by atoms with van der Waals surface area (Å²) >= 11 is 0. The normalized spacial score (nSPS) is 15.3. The molecule has 7 heteroatoms. The minimum Gasteiger partial charge on any atom is -0.394 e. The van der Waals surface area contributed by atoms with Crippen LogP contribution < -0.4 is 10.6 Å². The molecule has 0 spiro atoms. The van der Waals surface area contributed by atoms with Gasteiger partial charge in [-0.1, -0.05) is 60.7 Å². The first-order valence-electron chi connectivity index (χ1n) is 9.51. The Morgan fingerprint density at radius 1 is 1.07 bits per heavy atom. The van der Waals surface area contributed by atoms with Crippen molar-refractivity contribution in [3.8, 4) is 11.3 Å². The lowest BCUT2D eigenvalue weighted by molar-refractivity contribution is -0.129. The maximum absolute atomic E-state index is 12.8. The number of benzene rings is 2. The summed E-state index contributed by atoms with van der Waals surface area (Å²) in [6.07, 6.45) is 1.45. The lowest BCUT2D eigenvalue weighted by Crippen LogP contribution is -2.49. The van der Waals surface area contributed by atoms with E-state index in [4.69, 9.17) is 0 Å². The number of carbonyl (C=O) groups excluding carboxylic acids is 2. The predicted octanol–water partition coefficient (Wildman–Crippen LogP) is 2.22. The summed E-state index contributed by atoms with van der Waals surface area (Å²) in [4.78, 5) is 25.4. The molecule has 1 heterocycles. The molecule has 29 heavy (non-hydrogen) atoms. The lowest BCUT2D eigenvalue weighted by atomic mass is 9.94. The molecule has 2 aromatic carbocycles. The van der Waals surface area contributed by atoms with Crippen molar-refractivity contribution >= 4 is 17.6 Å².